The number of nitrogens with zero attached hydrogens (tertiary/aromatic N) is 2. The summed E-state index contributed by atoms with van der Waals surface area (Å²) in [7, 11) is 0. The highest BCUT2D eigenvalue weighted by atomic mass is 16.1. The number of rotatable bonds is 2. The predicted octanol–water partition coefficient (Wildman–Crippen LogP) is 5.30. The molecule has 2 aromatic rings. The van der Waals surface area contributed by atoms with Gasteiger partial charge < -0.3 is 0 Å². The Morgan fingerprint density at radius 2 is 1.35 bits per heavy atom. The van der Waals surface area contributed by atoms with E-state index in [-0.39, 0.29) is 5.78 Å². The van der Waals surface area contributed by atoms with Crippen LogP contribution in [-0.4, -0.2) is 17.3 Å². The minimum Gasteiger partial charge on any atom is -0.289 e. The van der Waals surface area contributed by atoms with Gasteiger partial charge in [0, 0.05) is 5.56 Å². The lowest BCUT2D eigenvalue weighted by Crippen LogP contribution is -2.12. The van der Waals surface area contributed by atoms with Gasteiger partial charge in [-0.05, 0) is 62.1 Å². The summed E-state index contributed by atoms with van der Waals surface area (Å²) in [5.41, 5.74) is 6.23. The van der Waals surface area contributed by atoms with Crippen LogP contribution in [0.2, 0.25) is 0 Å². The summed E-state index contributed by atoms with van der Waals surface area (Å²) in [5.74, 6) is 0.706. The fourth-order valence-corrected chi connectivity index (χ4v) is 2.94. The van der Waals surface area contributed by atoms with Gasteiger partial charge in [-0.1, -0.05) is 48.5 Å². The lowest BCUT2D eigenvalue weighted by atomic mass is 9.98. The molecule has 0 spiro atoms. The Morgan fingerprint density at radius 1 is 0.769 bits per heavy atom. The third-order valence-electron chi connectivity index (χ3n) is 4.37. The van der Waals surface area contributed by atoms with E-state index in [0.29, 0.717) is 17.0 Å². The van der Waals surface area contributed by atoms with Crippen molar-refractivity contribution in [1.29, 1.82) is 0 Å². The fraction of sp³-hybridized carbons (Fsp3) is 0.174. The summed E-state index contributed by atoms with van der Waals surface area (Å²) in [6.45, 7) is 7.74. The van der Waals surface area contributed by atoms with E-state index >= 15 is 0 Å². The van der Waals surface area contributed by atoms with Gasteiger partial charge in [0.05, 0.1) is 11.4 Å². The van der Waals surface area contributed by atoms with E-state index in [1.54, 1.807) is 0 Å². The van der Waals surface area contributed by atoms with E-state index in [1.165, 1.54) is 0 Å². The summed E-state index contributed by atoms with van der Waals surface area (Å²) in [6, 6.07) is 16.0. The second kappa shape index (κ2) is 7.44. The zero-order chi connectivity index (χ0) is 18.7. The molecular formula is C23H22N2O. The predicted molar refractivity (Wildman–Crippen MR) is 109 cm³/mol. The molecule has 0 unspecified atom stereocenters. The standard InChI is InChI=1S/C23H22N2O/c1-15-9-8-10-16(2)21(15)25-23(19-11-6-5-7-12-19)24-20-13-17(3)22(26)18(4)14-20/h5-14H,1-4H3. The van der Waals surface area contributed by atoms with Crippen LogP contribution < -0.4 is 0 Å². The molecule has 0 aliphatic heterocycles. The lowest BCUT2D eigenvalue weighted by Gasteiger charge is -2.11. The number of carbonyl (C=O) groups is 1. The van der Waals surface area contributed by atoms with Gasteiger partial charge in [0.1, 0.15) is 0 Å². The van der Waals surface area contributed by atoms with Crippen LogP contribution in [0.25, 0.3) is 0 Å². The lowest BCUT2D eigenvalue weighted by molar-refractivity contribution is -0.112. The maximum Gasteiger partial charge on any atom is 0.184 e. The van der Waals surface area contributed by atoms with Gasteiger partial charge in [-0.2, -0.15) is 0 Å². The second-order valence-electron chi connectivity index (χ2n) is 6.56. The van der Waals surface area contributed by atoms with E-state index in [9.17, 15) is 4.79 Å². The summed E-state index contributed by atoms with van der Waals surface area (Å²) >= 11 is 0. The van der Waals surface area contributed by atoms with Crippen molar-refractivity contribution in [2.45, 2.75) is 27.7 Å². The average Bonchev–Trinajstić information content (AvgIpc) is 2.62. The molecule has 0 amide bonds. The first-order valence-corrected chi connectivity index (χ1v) is 8.66. The number of Topliss-reactive ketones (excluding diaryl/α,β-unsaturated/α-hetero) is 1. The van der Waals surface area contributed by atoms with Gasteiger partial charge in [-0.3, -0.25) is 4.79 Å². The number of aryl methyl sites for hydroxylation is 2. The van der Waals surface area contributed by atoms with Gasteiger partial charge in [0.15, 0.2) is 11.6 Å². The molecule has 1 aliphatic rings. The number of hydrogen-bond donors (Lipinski definition) is 0. The van der Waals surface area contributed by atoms with Crippen LogP contribution in [0.15, 0.2) is 81.8 Å². The quantitative estimate of drug-likeness (QED) is 0.415. The number of allylic oxidation sites excluding steroid dienone is 4. The minimum atomic E-state index is 0.0666. The number of aliphatic imine (C=N–C) groups is 2. The molecule has 2 aromatic carbocycles. The first-order valence-electron chi connectivity index (χ1n) is 8.66. The van der Waals surface area contributed by atoms with Crippen LogP contribution >= 0.6 is 0 Å². The molecule has 0 aromatic heterocycles. The SMILES string of the molecule is CC1=CC(=NC(=Nc2c(C)cccc2C)c2ccccc2)C=C(C)C1=O. The van der Waals surface area contributed by atoms with Gasteiger partial charge in [0.2, 0.25) is 0 Å². The zero-order valence-electron chi connectivity index (χ0n) is 15.6. The van der Waals surface area contributed by atoms with Crippen molar-refractivity contribution in [1.82, 2.24) is 0 Å². The summed E-state index contributed by atoms with van der Waals surface area (Å²) in [4.78, 5) is 21.6. The van der Waals surface area contributed by atoms with Crippen LogP contribution in [0.3, 0.4) is 0 Å². The van der Waals surface area contributed by atoms with Crippen LogP contribution in [0, 0.1) is 13.8 Å². The van der Waals surface area contributed by atoms with Gasteiger partial charge in [0.25, 0.3) is 0 Å². The second-order valence-corrected chi connectivity index (χ2v) is 6.56. The molecule has 26 heavy (non-hydrogen) atoms. The highest BCUT2D eigenvalue weighted by molar-refractivity contribution is 6.24. The molecular weight excluding hydrogens is 320 g/mol. The molecule has 0 radical (unpaired) electrons. The molecule has 3 rings (SSSR count). The zero-order valence-corrected chi connectivity index (χ0v) is 15.6. The number of ketones is 1. The smallest absolute Gasteiger partial charge is 0.184 e. The Hall–Kier alpha value is -3.07. The summed E-state index contributed by atoms with van der Waals surface area (Å²) in [5, 5.41) is 0. The number of benzene rings is 2. The molecule has 0 saturated heterocycles. The van der Waals surface area contributed by atoms with Crippen molar-refractivity contribution in [3.8, 4) is 0 Å². The van der Waals surface area contributed by atoms with Crippen LogP contribution in [0.1, 0.15) is 30.5 Å². The maximum atomic E-state index is 12.0. The minimum absolute atomic E-state index is 0.0666. The molecule has 0 N–H and O–H groups in total. The number of carbonyl (C=O) groups excluding carboxylic acids is 1. The molecule has 1 aliphatic carbocycles. The first kappa shape index (κ1) is 17.7. The van der Waals surface area contributed by atoms with E-state index in [1.807, 2.05) is 62.4 Å². The van der Waals surface area contributed by atoms with E-state index < -0.39 is 0 Å². The molecule has 130 valence electrons. The molecule has 0 fully saturated rings. The van der Waals surface area contributed by atoms with Crippen molar-refractivity contribution >= 4 is 23.0 Å². The average molecular weight is 342 g/mol. The van der Waals surface area contributed by atoms with Crippen molar-refractivity contribution in [2.75, 3.05) is 0 Å². The highest BCUT2D eigenvalue weighted by Crippen LogP contribution is 2.25. The molecule has 0 saturated carbocycles. The molecule has 0 atom stereocenters. The maximum absolute atomic E-state index is 12.0. The van der Waals surface area contributed by atoms with Gasteiger partial charge >= 0.3 is 0 Å². The molecule has 0 bridgehead atoms. The molecule has 3 nitrogen and oxygen atoms in total. The van der Waals surface area contributed by atoms with Crippen LogP contribution in [-0.2, 0) is 4.79 Å². The van der Waals surface area contributed by atoms with E-state index in [4.69, 9.17) is 9.98 Å². The highest BCUT2D eigenvalue weighted by Gasteiger charge is 2.15. The fourth-order valence-electron chi connectivity index (χ4n) is 2.94. The summed E-state index contributed by atoms with van der Waals surface area (Å²) in [6.07, 6.45) is 3.64. The monoisotopic (exact) mass is 342 g/mol. The Bertz CT molecular complexity index is 932. The Labute approximate surface area is 154 Å². The summed E-state index contributed by atoms with van der Waals surface area (Å²) < 4.78 is 0. The normalized spacial score (nSPS) is 14.8. The topological polar surface area (TPSA) is 41.8 Å². The van der Waals surface area contributed by atoms with E-state index in [0.717, 1.165) is 28.1 Å². The van der Waals surface area contributed by atoms with Crippen molar-refractivity contribution in [3.63, 3.8) is 0 Å². The van der Waals surface area contributed by atoms with Crippen molar-refractivity contribution in [3.05, 3.63) is 88.5 Å². The third kappa shape index (κ3) is 3.77. The number of hydrogen-bond acceptors (Lipinski definition) is 2. The van der Waals surface area contributed by atoms with Gasteiger partial charge in [-0.25, -0.2) is 9.98 Å². The van der Waals surface area contributed by atoms with E-state index in [2.05, 4.69) is 26.0 Å². The Balaban J connectivity index is 2.16. The third-order valence-corrected chi connectivity index (χ3v) is 4.37. The van der Waals surface area contributed by atoms with Crippen LogP contribution in [0.4, 0.5) is 5.69 Å². The molecule has 0 heterocycles. The van der Waals surface area contributed by atoms with Crippen LogP contribution in [0.5, 0.6) is 0 Å². The number of para-hydroxylation sites is 1. The Morgan fingerprint density at radius 3 is 1.92 bits per heavy atom. The Kier molecular flexibility index (Phi) is 5.08. The van der Waals surface area contributed by atoms with Gasteiger partial charge in [-0.15, -0.1) is 0 Å². The largest absolute Gasteiger partial charge is 0.289 e. The number of amidine groups is 1. The first-order chi connectivity index (χ1) is 12.5. The van der Waals surface area contributed by atoms with Crippen molar-refractivity contribution < 1.29 is 4.79 Å². The van der Waals surface area contributed by atoms with Crippen molar-refractivity contribution in [2.24, 2.45) is 9.98 Å². The molecule has 3 heteroatoms.